The van der Waals surface area contributed by atoms with Gasteiger partial charge in [0.1, 0.15) is 0 Å². The summed E-state index contributed by atoms with van der Waals surface area (Å²) in [5.74, 6) is 0.244. The number of halogens is 2. The minimum absolute atomic E-state index is 0.00311. The number of nitrogens with one attached hydrogen (secondary N) is 1. The van der Waals surface area contributed by atoms with Crippen molar-refractivity contribution in [3.05, 3.63) is 55.0 Å². The molecule has 0 bridgehead atoms. The van der Waals surface area contributed by atoms with Gasteiger partial charge in [-0.25, -0.2) is 0 Å². The third-order valence-corrected chi connectivity index (χ3v) is 4.89. The van der Waals surface area contributed by atoms with E-state index in [0.29, 0.717) is 25.9 Å². The maximum atomic E-state index is 10.6. The van der Waals surface area contributed by atoms with Gasteiger partial charge in [-0.15, -0.1) is 0 Å². The van der Waals surface area contributed by atoms with Crippen LogP contribution in [0.2, 0.25) is 0 Å². The zero-order chi connectivity index (χ0) is 17.0. The smallest absolute Gasteiger partial charge is 0.269 e. The predicted octanol–water partition coefficient (Wildman–Crippen LogP) is 4.28. The Morgan fingerprint density at radius 3 is 2.57 bits per heavy atom. The summed E-state index contributed by atoms with van der Waals surface area (Å²) in [4.78, 5) is 10.1. The molecular formula is C14H11Br2N3O4. The summed E-state index contributed by atoms with van der Waals surface area (Å²) in [6.45, 7) is 0. The SMILES string of the molecule is COc1cc(Br)c(Br)c(C=NNc2ccc([N+](=O)[O-])cc2)c1O. The average molecular weight is 445 g/mol. The number of nitro benzene ring substituents is 1. The number of hydrazone groups is 1. The number of aromatic hydroxyl groups is 1. The molecule has 0 unspecified atom stereocenters. The van der Waals surface area contributed by atoms with Crippen molar-refractivity contribution in [2.45, 2.75) is 0 Å². The molecule has 2 aromatic carbocycles. The van der Waals surface area contributed by atoms with Crippen molar-refractivity contribution in [1.29, 1.82) is 0 Å². The van der Waals surface area contributed by atoms with Crippen LogP contribution in [0.1, 0.15) is 5.56 Å². The first-order valence-corrected chi connectivity index (χ1v) is 7.81. The van der Waals surface area contributed by atoms with Crippen LogP contribution in [-0.4, -0.2) is 23.4 Å². The molecule has 0 saturated heterocycles. The lowest BCUT2D eigenvalue weighted by Gasteiger charge is -2.09. The number of nitrogens with zero attached hydrogens (tertiary/aromatic N) is 2. The van der Waals surface area contributed by atoms with Gasteiger partial charge in [-0.05, 0) is 50.1 Å². The summed E-state index contributed by atoms with van der Waals surface area (Å²) >= 11 is 6.70. The largest absolute Gasteiger partial charge is 0.504 e. The van der Waals surface area contributed by atoms with E-state index >= 15 is 0 Å². The molecule has 0 saturated carbocycles. The fraction of sp³-hybridized carbons (Fsp3) is 0.0714. The van der Waals surface area contributed by atoms with Gasteiger partial charge < -0.3 is 9.84 Å². The minimum Gasteiger partial charge on any atom is -0.504 e. The monoisotopic (exact) mass is 443 g/mol. The molecule has 0 spiro atoms. The van der Waals surface area contributed by atoms with Gasteiger partial charge in [0.25, 0.3) is 5.69 Å². The number of benzene rings is 2. The standard InChI is InChI=1S/C14H11Br2N3O4/c1-23-12-6-11(15)13(16)10(14(12)20)7-17-18-8-2-4-9(5-3-8)19(21)22/h2-7,18,20H,1H3. The van der Waals surface area contributed by atoms with Gasteiger partial charge in [0.15, 0.2) is 11.5 Å². The van der Waals surface area contributed by atoms with Crippen LogP contribution in [-0.2, 0) is 0 Å². The fourth-order valence-electron chi connectivity index (χ4n) is 1.71. The van der Waals surface area contributed by atoms with Crippen LogP contribution in [0.3, 0.4) is 0 Å². The van der Waals surface area contributed by atoms with E-state index in [1.54, 1.807) is 6.07 Å². The number of phenols is 1. The Balaban J connectivity index is 2.20. The Labute approximate surface area is 148 Å². The van der Waals surface area contributed by atoms with E-state index in [1.807, 2.05) is 0 Å². The Morgan fingerprint density at radius 2 is 2.00 bits per heavy atom. The van der Waals surface area contributed by atoms with Crippen LogP contribution in [0.25, 0.3) is 0 Å². The molecule has 0 aromatic heterocycles. The molecule has 120 valence electrons. The quantitative estimate of drug-likeness (QED) is 0.407. The molecule has 23 heavy (non-hydrogen) atoms. The third-order valence-electron chi connectivity index (χ3n) is 2.88. The van der Waals surface area contributed by atoms with Crippen molar-refractivity contribution in [1.82, 2.24) is 0 Å². The first kappa shape index (κ1) is 17.2. The van der Waals surface area contributed by atoms with Gasteiger partial charge in [-0.1, -0.05) is 0 Å². The zero-order valence-corrected chi connectivity index (χ0v) is 15.0. The van der Waals surface area contributed by atoms with Crippen LogP contribution in [0, 0.1) is 10.1 Å². The second kappa shape index (κ2) is 7.42. The van der Waals surface area contributed by atoms with E-state index in [1.165, 1.54) is 37.6 Å². The van der Waals surface area contributed by atoms with E-state index in [2.05, 4.69) is 42.4 Å². The zero-order valence-electron chi connectivity index (χ0n) is 11.8. The summed E-state index contributed by atoms with van der Waals surface area (Å²) < 4.78 is 6.39. The highest BCUT2D eigenvalue weighted by atomic mass is 79.9. The number of nitro groups is 1. The molecule has 0 aliphatic carbocycles. The first-order chi connectivity index (χ1) is 10.9. The number of hydrogen-bond acceptors (Lipinski definition) is 6. The lowest BCUT2D eigenvalue weighted by atomic mass is 10.2. The van der Waals surface area contributed by atoms with Crippen molar-refractivity contribution >= 4 is 49.4 Å². The number of rotatable bonds is 5. The topological polar surface area (TPSA) is 97.0 Å². The van der Waals surface area contributed by atoms with Crippen molar-refractivity contribution in [2.24, 2.45) is 5.10 Å². The lowest BCUT2D eigenvalue weighted by molar-refractivity contribution is -0.384. The van der Waals surface area contributed by atoms with E-state index < -0.39 is 4.92 Å². The van der Waals surface area contributed by atoms with E-state index in [0.717, 1.165) is 0 Å². The molecule has 0 aliphatic heterocycles. The summed E-state index contributed by atoms with van der Waals surface area (Å²) in [7, 11) is 1.45. The number of ether oxygens (including phenoxy) is 1. The highest BCUT2D eigenvalue weighted by Crippen LogP contribution is 2.39. The molecule has 2 N–H and O–H groups in total. The molecule has 0 radical (unpaired) electrons. The summed E-state index contributed by atoms with van der Waals surface area (Å²) in [5.41, 5.74) is 3.72. The van der Waals surface area contributed by atoms with Gasteiger partial charge in [-0.2, -0.15) is 5.10 Å². The molecule has 0 atom stereocenters. The third kappa shape index (κ3) is 3.99. The molecule has 9 heteroatoms. The summed E-state index contributed by atoms with van der Waals surface area (Å²) in [6, 6.07) is 7.43. The average Bonchev–Trinajstić information content (AvgIpc) is 2.54. The molecule has 0 amide bonds. The molecule has 0 heterocycles. The van der Waals surface area contributed by atoms with Gasteiger partial charge >= 0.3 is 0 Å². The number of methoxy groups -OCH3 is 1. The Kier molecular flexibility index (Phi) is 5.56. The Bertz CT molecular complexity index is 764. The summed E-state index contributed by atoms with van der Waals surface area (Å²) in [6.07, 6.45) is 1.41. The lowest BCUT2D eigenvalue weighted by Crippen LogP contribution is -1.95. The number of hydrogen-bond donors (Lipinski definition) is 2. The second-order valence-corrected chi connectivity index (χ2v) is 5.96. The Morgan fingerprint density at radius 1 is 1.35 bits per heavy atom. The minimum atomic E-state index is -0.476. The molecule has 0 fully saturated rings. The van der Waals surface area contributed by atoms with Gasteiger partial charge in [0, 0.05) is 21.1 Å². The fourth-order valence-corrected chi connectivity index (χ4v) is 2.54. The van der Waals surface area contributed by atoms with Crippen molar-refractivity contribution in [3.63, 3.8) is 0 Å². The normalized spacial score (nSPS) is 10.7. The van der Waals surface area contributed by atoms with Crippen molar-refractivity contribution < 1.29 is 14.8 Å². The molecular weight excluding hydrogens is 434 g/mol. The van der Waals surface area contributed by atoms with Gasteiger partial charge in [-0.3, -0.25) is 15.5 Å². The molecule has 0 aliphatic rings. The predicted molar refractivity (Wildman–Crippen MR) is 94.4 cm³/mol. The molecule has 2 rings (SSSR count). The van der Waals surface area contributed by atoms with Crippen LogP contribution in [0.4, 0.5) is 11.4 Å². The molecule has 2 aromatic rings. The molecule has 7 nitrogen and oxygen atoms in total. The van der Waals surface area contributed by atoms with Gasteiger partial charge in [0.05, 0.1) is 29.5 Å². The van der Waals surface area contributed by atoms with Crippen molar-refractivity contribution in [2.75, 3.05) is 12.5 Å². The summed E-state index contributed by atoms with van der Waals surface area (Å²) in [5, 5.41) is 24.7. The maximum absolute atomic E-state index is 10.6. The van der Waals surface area contributed by atoms with Crippen LogP contribution in [0.15, 0.2) is 44.4 Å². The number of phenolic OH excluding ortho intramolecular Hbond substituents is 1. The second-order valence-electron chi connectivity index (χ2n) is 4.31. The number of non-ortho nitro benzene ring substituents is 1. The number of anilines is 1. The highest BCUT2D eigenvalue weighted by molar-refractivity contribution is 9.13. The van der Waals surface area contributed by atoms with E-state index in [9.17, 15) is 15.2 Å². The highest BCUT2D eigenvalue weighted by Gasteiger charge is 2.14. The van der Waals surface area contributed by atoms with Crippen LogP contribution in [0.5, 0.6) is 11.5 Å². The first-order valence-electron chi connectivity index (χ1n) is 6.22. The van der Waals surface area contributed by atoms with E-state index in [-0.39, 0.29) is 11.4 Å². The van der Waals surface area contributed by atoms with Gasteiger partial charge in [0.2, 0.25) is 0 Å². The van der Waals surface area contributed by atoms with E-state index in [4.69, 9.17) is 4.74 Å². The van der Waals surface area contributed by atoms with Crippen LogP contribution < -0.4 is 10.2 Å². The Hall–Kier alpha value is -2.13. The maximum Gasteiger partial charge on any atom is 0.269 e. The van der Waals surface area contributed by atoms with Crippen LogP contribution >= 0.6 is 31.9 Å². The van der Waals surface area contributed by atoms with Crippen molar-refractivity contribution in [3.8, 4) is 11.5 Å².